The van der Waals surface area contributed by atoms with Gasteiger partial charge in [0, 0.05) is 36.8 Å². The molecule has 0 bridgehead atoms. The number of rotatable bonds is 3. The van der Waals surface area contributed by atoms with Crippen molar-refractivity contribution in [3.8, 4) is 0 Å². The van der Waals surface area contributed by atoms with E-state index in [4.69, 9.17) is 5.73 Å². The Hall–Kier alpha value is -2.11. The van der Waals surface area contributed by atoms with Crippen molar-refractivity contribution in [3.05, 3.63) is 29.8 Å². The lowest BCUT2D eigenvalue weighted by molar-refractivity contribution is 0.547. The van der Waals surface area contributed by atoms with Crippen molar-refractivity contribution in [2.45, 2.75) is 32.7 Å². The monoisotopic (exact) mass is 260 g/mol. The van der Waals surface area contributed by atoms with Gasteiger partial charge in [-0.25, -0.2) is 9.97 Å². The Morgan fingerprint density at radius 1 is 1.32 bits per heavy atom. The van der Waals surface area contributed by atoms with Gasteiger partial charge in [0.25, 0.3) is 0 Å². The van der Waals surface area contributed by atoms with Gasteiger partial charge in [-0.05, 0) is 0 Å². The Morgan fingerprint density at radius 3 is 2.63 bits per heavy atom. The molecule has 6 nitrogen and oxygen atoms in total. The average Bonchev–Trinajstić information content (AvgIpc) is 2.71. The fourth-order valence-corrected chi connectivity index (χ4v) is 1.65. The number of anilines is 2. The van der Waals surface area contributed by atoms with E-state index in [1.54, 1.807) is 10.7 Å². The number of aryl methyl sites for hydroxylation is 1. The predicted octanol–water partition coefficient (Wildman–Crippen LogP) is 1.70. The molecule has 0 amide bonds. The molecule has 0 atom stereocenters. The van der Waals surface area contributed by atoms with Crippen LogP contribution in [0.25, 0.3) is 0 Å². The topological polar surface area (TPSA) is 81.7 Å². The highest BCUT2D eigenvalue weighted by Gasteiger charge is 2.18. The zero-order chi connectivity index (χ0) is 14.0. The average molecular weight is 260 g/mol. The van der Waals surface area contributed by atoms with E-state index in [-0.39, 0.29) is 5.41 Å². The van der Waals surface area contributed by atoms with E-state index >= 15 is 0 Å². The van der Waals surface area contributed by atoms with Crippen molar-refractivity contribution in [2.24, 2.45) is 7.05 Å². The summed E-state index contributed by atoms with van der Waals surface area (Å²) in [7, 11) is 1.89. The minimum atomic E-state index is -0.125. The summed E-state index contributed by atoms with van der Waals surface area (Å²) in [5.74, 6) is 1.95. The summed E-state index contributed by atoms with van der Waals surface area (Å²) >= 11 is 0. The SMILES string of the molecule is Cn1cc(CNc2cc(N)nc(C(C)(C)C)n2)cn1. The van der Waals surface area contributed by atoms with E-state index < -0.39 is 0 Å². The second kappa shape index (κ2) is 4.87. The minimum Gasteiger partial charge on any atom is -0.384 e. The van der Waals surface area contributed by atoms with Crippen molar-refractivity contribution in [3.63, 3.8) is 0 Å². The van der Waals surface area contributed by atoms with E-state index in [1.807, 2.05) is 19.4 Å². The van der Waals surface area contributed by atoms with E-state index in [0.717, 1.165) is 17.2 Å². The van der Waals surface area contributed by atoms with Crippen LogP contribution in [0.4, 0.5) is 11.6 Å². The first-order valence-electron chi connectivity index (χ1n) is 6.21. The molecule has 2 aromatic rings. The van der Waals surface area contributed by atoms with Gasteiger partial charge in [-0.15, -0.1) is 0 Å². The number of hydrogen-bond acceptors (Lipinski definition) is 5. The summed E-state index contributed by atoms with van der Waals surface area (Å²) in [6.07, 6.45) is 3.78. The molecule has 6 heteroatoms. The van der Waals surface area contributed by atoms with Crippen LogP contribution in [0.3, 0.4) is 0 Å². The maximum absolute atomic E-state index is 5.82. The fraction of sp³-hybridized carbons (Fsp3) is 0.462. The normalized spacial score (nSPS) is 11.6. The molecule has 2 aromatic heterocycles. The summed E-state index contributed by atoms with van der Waals surface area (Å²) in [4.78, 5) is 8.77. The molecule has 0 saturated heterocycles. The Bertz CT molecular complexity index is 567. The maximum Gasteiger partial charge on any atom is 0.138 e. The molecule has 0 fully saturated rings. The first kappa shape index (κ1) is 13.3. The van der Waals surface area contributed by atoms with E-state index in [0.29, 0.717) is 12.4 Å². The quantitative estimate of drug-likeness (QED) is 0.877. The molecule has 2 heterocycles. The summed E-state index contributed by atoms with van der Waals surface area (Å²) in [6.45, 7) is 6.85. The first-order chi connectivity index (χ1) is 8.84. The number of nitrogen functional groups attached to an aromatic ring is 1. The van der Waals surface area contributed by atoms with Gasteiger partial charge < -0.3 is 11.1 Å². The first-order valence-corrected chi connectivity index (χ1v) is 6.21. The summed E-state index contributed by atoms with van der Waals surface area (Å²) < 4.78 is 1.77. The standard InChI is InChI=1S/C13H20N6/c1-13(2,3)12-17-10(14)5-11(18-12)15-6-9-7-16-19(4)8-9/h5,7-8H,6H2,1-4H3,(H3,14,15,17,18). The molecule has 0 spiro atoms. The van der Waals surface area contributed by atoms with Crippen LogP contribution in [-0.2, 0) is 19.0 Å². The predicted molar refractivity (Wildman–Crippen MR) is 75.7 cm³/mol. The van der Waals surface area contributed by atoms with Crippen molar-refractivity contribution in [2.75, 3.05) is 11.1 Å². The van der Waals surface area contributed by atoms with Crippen LogP contribution in [0.2, 0.25) is 0 Å². The van der Waals surface area contributed by atoms with Gasteiger partial charge in [-0.2, -0.15) is 5.10 Å². The van der Waals surface area contributed by atoms with Gasteiger partial charge in [0.2, 0.25) is 0 Å². The lowest BCUT2D eigenvalue weighted by atomic mass is 9.96. The zero-order valence-corrected chi connectivity index (χ0v) is 11.8. The Balaban J connectivity index is 2.14. The van der Waals surface area contributed by atoms with Crippen LogP contribution in [0, 0.1) is 0 Å². The molecule has 3 N–H and O–H groups in total. The van der Waals surface area contributed by atoms with E-state index in [9.17, 15) is 0 Å². The van der Waals surface area contributed by atoms with Crippen LogP contribution in [0.5, 0.6) is 0 Å². The van der Waals surface area contributed by atoms with Crippen LogP contribution in [-0.4, -0.2) is 19.7 Å². The minimum absolute atomic E-state index is 0.125. The van der Waals surface area contributed by atoms with Gasteiger partial charge in [-0.3, -0.25) is 4.68 Å². The van der Waals surface area contributed by atoms with Crippen molar-refractivity contribution in [1.29, 1.82) is 0 Å². The number of nitrogens with two attached hydrogens (primary N) is 1. The lowest BCUT2D eigenvalue weighted by Crippen LogP contribution is -2.18. The van der Waals surface area contributed by atoms with Crippen LogP contribution >= 0.6 is 0 Å². The van der Waals surface area contributed by atoms with Gasteiger partial charge in [0.05, 0.1) is 6.20 Å². The molecular weight excluding hydrogens is 240 g/mol. The molecule has 0 aliphatic heterocycles. The molecule has 0 saturated carbocycles. The third-order valence-corrected chi connectivity index (χ3v) is 2.65. The smallest absolute Gasteiger partial charge is 0.138 e. The molecule has 0 aromatic carbocycles. The highest BCUT2D eigenvalue weighted by molar-refractivity contribution is 5.45. The zero-order valence-electron chi connectivity index (χ0n) is 11.8. The van der Waals surface area contributed by atoms with Gasteiger partial charge in [0.1, 0.15) is 17.5 Å². The van der Waals surface area contributed by atoms with Crippen LogP contribution in [0.15, 0.2) is 18.5 Å². The van der Waals surface area contributed by atoms with E-state index in [1.165, 1.54) is 0 Å². The third kappa shape index (κ3) is 3.43. The number of nitrogens with zero attached hydrogens (tertiary/aromatic N) is 4. The summed E-state index contributed by atoms with van der Waals surface area (Å²) in [6, 6.07) is 1.74. The Labute approximate surface area is 113 Å². The maximum atomic E-state index is 5.82. The molecule has 0 unspecified atom stereocenters. The Morgan fingerprint density at radius 2 is 2.05 bits per heavy atom. The van der Waals surface area contributed by atoms with Crippen molar-refractivity contribution < 1.29 is 0 Å². The molecule has 0 aliphatic carbocycles. The number of hydrogen-bond donors (Lipinski definition) is 2. The number of nitrogens with one attached hydrogen (secondary N) is 1. The summed E-state index contributed by atoms with van der Waals surface area (Å²) in [5.41, 5.74) is 6.79. The van der Waals surface area contributed by atoms with Crippen LogP contribution < -0.4 is 11.1 Å². The van der Waals surface area contributed by atoms with Gasteiger partial charge >= 0.3 is 0 Å². The fourth-order valence-electron chi connectivity index (χ4n) is 1.65. The highest BCUT2D eigenvalue weighted by atomic mass is 15.2. The van der Waals surface area contributed by atoms with Crippen molar-refractivity contribution >= 4 is 11.6 Å². The third-order valence-electron chi connectivity index (χ3n) is 2.65. The Kier molecular flexibility index (Phi) is 3.42. The largest absolute Gasteiger partial charge is 0.384 e. The highest BCUT2D eigenvalue weighted by Crippen LogP contribution is 2.21. The molecule has 19 heavy (non-hydrogen) atoms. The molecule has 0 radical (unpaired) electrons. The molecule has 0 aliphatic rings. The van der Waals surface area contributed by atoms with Crippen LogP contribution in [0.1, 0.15) is 32.2 Å². The number of aromatic nitrogens is 4. The second-order valence-electron chi connectivity index (χ2n) is 5.63. The van der Waals surface area contributed by atoms with E-state index in [2.05, 4.69) is 41.2 Å². The lowest BCUT2D eigenvalue weighted by Gasteiger charge is -2.18. The van der Waals surface area contributed by atoms with Gasteiger partial charge in [0.15, 0.2) is 0 Å². The van der Waals surface area contributed by atoms with Gasteiger partial charge in [-0.1, -0.05) is 20.8 Å². The molecule has 2 rings (SSSR count). The second-order valence-corrected chi connectivity index (χ2v) is 5.63. The molecule has 102 valence electrons. The molecular formula is C13H20N6. The van der Waals surface area contributed by atoms with Crippen molar-refractivity contribution in [1.82, 2.24) is 19.7 Å². The summed E-state index contributed by atoms with van der Waals surface area (Å²) in [5, 5.41) is 7.37.